The first-order valence-electron chi connectivity index (χ1n) is 10.3. The minimum absolute atomic E-state index is 0.0589. The highest BCUT2D eigenvalue weighted by Gasteiger charge is 2.14. The molecule has 6 nitrogen and oxygen atoms in total. The third-order valence-electron chi connectivity index (χ3n) is 5.11. The van der Waals surface area contributed by atoms with E-state index in [4.69, 9.17) is 17.0 Å². The van der Waals surface area contributed by atoms with E-state index >= 15 is 0 Å². The lowest BCUT2D eigenvalue weighted by Gasteiger charge is -2.29. The highest BCUT2D eigenvalue weighted by Crippen LogP contribution is 2.14. The Balaban J connectivity index is 2.18. The number of nitrogens with zero attached hydrogens (tertiary/aromatic N) is 2. The van der Waals surface area contributed by atoms with Gasteiger partial charge in [-0.05, 0) is 62.2 Å². The second-order valence-electron chi connectivity index (χ2n) is 7.24. The van der Waals surface area contributed by atoms with Gasteiger partial charge in [-0.15, -0.1) is 0 Å². The summed E-state index contributed by atoms with van der Waals surface area (Å²) in [6.07, 6.45) is 0.885. The lowest BCUT2D eigenvalue weighted by Crippen LogP contribution is -2.44. The number of H-pyrrole nitrogens is 1. The molecule has 160 valence electrons. The monoisotopic (exact) mass is 418 g/mol. The van der Waals surface area contributed by atoms with Crippen molar-refractivity contribution in [1.82, 2.24) is 20.1 Å². The molecule has 0 unspecified atom stereocenters. The fourth-order valence-corrected chi connectivity index (χ4v) is 3.53. The lowest BCUT2D eigenvalue weighted by atomic mass is 10.1. The number of thiocarbonyl (C=S) groups is 1. The van der Waals surface area contributed by atoms with Gasteiger partial charge < -0.3 is 24.8 Å². The molecule has 0 atom stereocenters. The summed E-state index contributed by atoms with van der Waals surface area (Å²) in [5.41, 5.74) is 2.70. The molecule has 0 aliphatic carbocycles. The predicted octanol–water partition coefficient (Wildman–Crippen LogP) is 2.89. The molecule has 0 fully saturated rings. The number of fused-ring (bicyclic) bond motifs is 1. The van der Waals surface area contributed by atoms with Gasteiger partial charge in [0.25, 0.3) is 5.56 Å². The predicted molar refractivity (Wildman–Crippen MR) is 125 cm³/mol. The third kappa shape index (κ3) is 7.10. The normalized spacial score (nSPS) is 11.2. The van der Waals surface area contributed by atoms with E-state index < -0.39 is 0 Å². The van der Waals surface area contributed by atoms with Gasteiger partial charge in [0.05, 0.1) is 6.54 Å². The Morgan fingerprint density at radius 3 is 2.66 bits per heavy atom. The Bertz CT molecular complexity index is 848. The number of aryl methyl sites for hydroxylation is 1. The molecule has 7 heteroatoms. The van der Waals surface area contributed by atoms with Crippen molar-refractivity contribution in [3.05, 3.63) is 45.7 Å². The van der Waals surface area contributed by atoms with E-state index in [1.54, 1.807) is 7.11 Å². The molecule has 2 N–H and O–H groups in total. The minimum Gasteiger partial charge on any atom is -0.385 e. The summed E-state index contributed by atoms with van der Waals surface area (Å²) in [5, 5.41) is 5.03. The molecule has 0 spiro atoms. The second kappa shape index (κ2) is 11.9. The number of hydrogen-bond donors (Lipinski definition) is 2. The first kappa shape index (κ1) is 23.3. The zero-order valence-corrected chi connectivity index (χ0v) is 18.9. The first-order valence-corrected chi connectivity index (χ1v) is 10.8. The maximum atomic E-state index is 12.7. The molecule has 0 aliphatic rings. The van der Waals surface area contributed by atoms with Crippen LogP contribution in [0.1, 0.15) is 31.4 Å². The van der Waals surface area contributed by atoms with Crippen molar-refractivity contribution < 1.29 is 4.74 Å². The molecule has 1 aromatic heterocycles. The van der Waals surface area contributed by atoms with Gasteiger partial charge in [-0.1, -0.05) is 25.5 Å². The van der Waals surface area contributed by atoms with Crippen molar-refractivity contribution in [2.24, 2.45) is 0 Å². The Hall–Kier alpha value is -1.96. The van der Waals surface area contributed by atoms with E-state index in [-0.39, 0.29) is 5.56 Å². The van der Waals surface area contributed by atoms with Crippen molar-refractivity contribution in [3.63, 3.8) is 0 Å². The molecule has 0 bridgehead atoms. The molecule has 0 saturated carbocycles. The summed E-state index contributed by atoms with van der Waals surface area (Å²) in [6.45, 7) is 12.0. The highest BCUT2D eigenvalue weighted by atomic mass is 32.1. The molecule has 0 radical (unpaired) electrons. The second-order valence-corrected chi connectivity index (χ2v) is 7.63. The van der Waals surface area contributed by atoms with E-state index in [9.17, 15) is 4.79 Å². The number of hydrogen-bond acceptors (Lipinski definition) is 4. The summed E-state index contributed by atoms with van der Waals surface area (Å²) in [7, 11) is 1.70. The fourth-order valence-electron chi connectivity index (χ4n) is 3.27. The number of aromatic amines is 1. The maximum Gasteiger partial charge on any atom is 0.253 e. The van der Waals surface area contributed by atoms with Crippen LogP contribution in [0.3, 0.4) is 0 Å². The van der Waals surface area contributed by atoms with Gasteiger partial charge in [0.1, 0.15) is 0 Å². The Kier molecular flexibility index (Phi) is 9.57. The molecule has 29 heavy (non-hydrogen) atoms. The van der Waals surface area contributed by atoms with Crippen LogP contribution >= 0.6 is 12.2 Å². The zero-order chi connectivity index (χ0) is 21.2. The summed E-state index contributed by atoms with van der Waals surface area (Å²) < 4.78 is 5.11. The van der Waals surface area contributed by atoms with Crippen LogP contribution in [0.15, 0.2) is 29.1 Å². The van der Waals surface area contributed by atoms with Crippen molar-refractivity contribution in [3.8, 4) is 0 Å². The van der Waals surface area contributed by atoms with Crippen molar-refractivity contribution in [1.29, 1.82) is 0 Å². The Morgan fingerprint density at radius 2 is 1.97 bits per heavy atom. The lowest BCUT2D eigenvalue weighted by molar-refractivity contribution is 0.195. The van der Waals surface area contributed by atoms with E-state index in [0.29, 0.717) is 18.3 Å². The summed E-state index contributed by atoms with van der Waals surface area (Å²) in [5.74, 6) is 0. The molecular formula is C22H34N4O2S. The van der Waals surface area contributed by atoms with Crippen LogP contribution in [0, 0.1) is 6.92 Å². The van der Waals surface area contributed by atoms with E-state index in [1.165, 1.54) is 5.56 Å². The molecule has 2 rings (SSSR count). The molecule has 1 heterocycles. The molecule has 0 amide bonds. The minimum atomic E-state index is -0.0589. The fraction of sp³-hybridized carbons (Fsp3) is 0.545. The summed E-state index contributed by atoms with van der Waals surface area (Å²) >= 11 is 5.65. The molecule has 0 aliphatic heterocycles. The van der Waals surface area contributed by atoms with Crippen LogP contribution in [-0.2, 0) is 11.3 Å². The zero-order valence-electron chi connectivity index (χ0n) is 18.1. The Morgan fingerprint density at radius 1 is 1.21 bits per heavy atom. The van der Waals surface area contributed by atoms with Gasteiger partial charge in [0, 0.05) is 44.4 Å². The van der Waals surface area contributed by atoms with Crippen LogP contribution in [0.5, 0.6) is 0 Å². The number of likely N-dealkylation sites (N-methyl/N-ethyl adjacent to an activating group) is 1. The van der Waals surface area contributed by atoms with E-state index in [2.05, 4.69) is 46.9 Å². The van der Waals surface area contributed by atoms with Gasteiger partial charge >= 0.3 is 0 Å². The van der Waals surface area contributed by atoms with E-state index in [0.717, 1.165) is 55.6 Å². The number of rotatable bonds is 11. The number of aromatic nitrogens is 1. The largest absolute Gasteiger partial charge is 0.385 e. The van der Waals surface area contributed by atoms with Gasteiger partial charge in [-0.2, -0.15) is 0 Å². The van der Waals surface area contributed by atoms with Crippen LogP contribution in [0.25, 0.3) is 10.9 Å². The van der Waals surface area contributed by atoms with Gasteiger partial charge in [-0.3, -0.25) is 4.79 Å². The number of benzene rings is 1. The number of methoxy groups -OCH3 is 1. The molecule has 0 saturated heterocycles. The highest BCUT2D eigenvalue weighted by molar-refractivity contribution is 7.80. The van der Waals surface area contributed by atoms with Crippen molar-refractivity contribution >= 4 is 28.2 Å². The maximum absolute atomic E-state index is 12.7. The smallest absolute Gasteiger partial charge is 0.253 e. The molecule has 2 aromatic rings. The quantitative estimate of drug-likeness (QED) is 0.432. The van der Waals surface area contributed by atoms with Crippen molar-refractivity contribution in [2.45, 2.75) is 33.7 Å². The average molecular weight is 419 g/mol. The van der Waals surface area contributed by atoms with Crippen LogP contribution in [0.4, 0.5) is 0 Å². The van der Waals surface area contributed by atoms with Gasteiger partial charge in [-0.25, -0.2) is 0 Å². The number of nitrogens with one attached hydrogen (secondary N) is 2. The standard InChI is InChI=1S/C22H34N4O2S/c1-5-25(6-2)11-12-26(22(29)23-10-7-13-28-4)16-19-15-18-14-17(3)8-9-20(18)24-21(19)27/h8-9,14-15H,5-7,10-13,16H2,1-4H3,(H,23,29)(H,24,27). The SMILES string of the molecule is CCN(CC)CCN(Cc1cc2cc(C)ccc2[nH]c1=O)C(=S)NCCCOC. The topological polar surface area (TPSA) is 60.6 Å². The average Bonchev–Trinajstić information content (AvgIpc) is 2.71. The third-order valence-corrected chi connectivity index (χ3v) is 5.51. The Labute approximate surface area is 179 Å². The number of pyridine rings is 1. The summed E-state index contributed by atoms with van der Waals surface area (Å²) in [6, 6.07) is 8.04. The van der Waals surface area contributed by atoms with Gasteiger partial charge in [0.2, 0.25) is 0 Å². The first-order chi connectivity index (χ1) is 14.0. The van der Waals surface area contributed by atoms with Crippen LogP contribution in [0.2, 0.25) is 0 Å². The van der Waals surface area contributed by atoms with Gasteiger partial charge in [0.15, 0.2) is 5.11 Å². The molecule has 1 aromatic carbocycles. The summed E-state index contributed by atoms with van der Waals surface area (Å²) in [4.78, 5) is 20.1. The molecular weight excluding hydrogens is 384 g/mol. The van der Waals surface area contributed by atoms with Crippen LogP contribution < -0.4 is 10.9 Å². The van der Waals surface area contributed by atoms with E-state index in [1.807, 2.05) is 18.2 Å². The van der Waals surface area contributed by atoms with Crippen molar-refractivity contribution in [2.75, 3.05) is 46.4 Å². The van der Waals surface area contributed by atoms with Crippen LogP contribution in [-0.4, -0.2) is 66.3 Å². The number of ether oxygens (including phenoxy) is 1.